The van der Waals surface area contributed by atoms with Crippen LogP contribution in [0.15, 0.2) is 24.3 Å². The van der Waals surface area contributed by atoms with Crippen molar-refractivity contribution < 1.29 is 4.79 Å². The number of nitrogen functional groups attached to an aromatic ring is 1. The Morgan fingerprint density at radius 2 is 2.24 bits per heavy atom. The van der Waals surface area contributed by atoms with Crippen molar-refractivity contribution in [2.45, 2.75) is 38.3 Å². The molecule has 1 aromatic carbocycles. The fourth-order valence-corrected chi connectivity index (χ4v) is 1.89. The molecular weight excluding hydrogens is 214 g/mol. The molecule has 0 aromatic heterocycles. The van der Waals surface area contributed by atoms with Crippen LogP contribution >= 0.6 is 0 Å². The van der Waals surface area contributed by atoms with E-state index in [4.69, 9.17) is 5.73 Å². The fourth-order valence-electron chi connectivity index (χ4n) is 1.89. The van der Waals surface area contributed by atoms with Crippen molar-refractivity contribution in [3.8, 4) is 0 Å². The fraction of sp³-hybridized carbons (Fsp3) is 0.462. The van der Waals surface area contributed by atoms with E-state index < -0.39 is 0 Å². The number of nitrogens with one attached hydrogen (secondary N) is 2. The molecule has 1 aromatic rings. The highest BCUT2D eigenvalue weighted by Crippen LogP contribution is 2.18. The lowest BCUT2D eigenvalue weighted by atomic mass is 9.93. The molecule has 0 radical (unpaired) electrons. The van der Waals surface area contributed by atoms with Crippen LogP contribution in [0.25, 0.3) is 0 Å². The zero-order valence-corrected chi connectivity index (χ0v) is 10.1. The highest BCUT2D eigenvalue weighted by Gasteiger charge is 2.20. The maximum Gasteiger partial charge on any atom is 0.315 e. The molecular formula is C13H19N3O. The number of carbonyl (C=O) groups excluding carboxylic acids is 1. The van der Waals surface area contributed by atoms with E-state index in [1.807, 2.05) is 31.2 Å². The Labute approximate surface area is 102 Å². The molecule has 92 valence electrons. The lowest BCUT2D eigenvalue weighted by Gasteiger charge is -2.27. The summed E-state index contributed by atoms with van der Waals surface area (Å²) in [7, 11) is 0. The van der Waals surface area contributed by atoms with Crippen LogP contribution in [0.5, 0.6) is 0 Å². The van der Waals surface area contributed by atoms with Crippen LogP contribution in [0.4, 0.5) is 10.5 Å². The van der Waals surface area contributed by atoms with Gasteiger partial charge in [-0.25, -0.2) is 4.79 Å². The van der Waals surface area contributed by atoms with E-state index in [9.17, 15) is 4.79 Å². The van der Waals surface area contributed by atoms with Crippen molar-refractivity contribution in [3.05, 3.63) is 29.8 Å². The number of urea groups is 1. The van der Waals surface area contributed by atoms with Gasteiger partial charge in [-0.2, -0.15) is 0 Å². The summed E-state index contributed by atoms with van der Waals surface area (Å²) in [4.78, 5) is 11.7. The molecule has 17 heavy (non-hydrogen) atoms. The quantitative estimate of drug-likeness (QED) is 0.700. The van der Waals surface area contributed by atoms with Crippen LogP contribution in [-0.4, -0.2) is 12.1 Å². The van der Waals surface area contributed by atoms with E-state index in [-0.39, 0.29) is 12.1 Å². The normalized spacial score (nSPS) is 17.0. The Morgan fingerprint density at radius 1 is 1.47 bits per heavy atom. The van der Waals surface area contributed by atoms with Gasteiger partial charge in [0.2, 0.25) is 0 Å². The zero-order valence-electron chi connectivity index (χ0n) is 10.1. The number of anilines is 1. The van der Waals surface area contributed by atoms with E-state index in [1.165, 1.54) is 6.42 Å². The topological polar surface area (TPSA) is 67.2 Å². The summed E-state index contributed by atoms with van der Waals surface area (Å²) in [6.07, 6.45) is 3.41. The zero-order chi connectivity index (χ0) is 12.3. The monoisotopic (exact) mass is 233 g/mol. The molecule has 0 bridgehead atoms. The van der Waals surface area contributed by atoms with Crippen LogP contribution in [0.2, 0.25) is 0 Å². The number of hydrogen-bond acceptors (Lipinski definition) is 2. The Balaban J connectivity index is 1.87. The molecule has 1 unspecified atom stereocenters. The van der Waals surface area contributed by atoms with E-state index in [0.717, 1.165) is 24.1 Å². The SMILES string of the molecule is CC(NC(=O)NC1CCC1)c1cccc(N)c1. The molecule has 4 heteroatoms. The van der Waals surface area contributed by atoms with Gasteiger partial charge in [-0.3, -0.25) is 0 Å². The third-order valence-corrected chi connectivity index (χ3v) is 3.20. The first-order valence-corrected chi connectivity index (χ1v) is 6.07. The first-order valence-electron chi connectivity index (χ1n) is 6.07. The van der Waals surface area contributed by atoms with Crippen LogP contribution < -0.4 is 16.4 Å². The number of hydrogen-bond donors (Lipinski definition) is 3. The molecule has 1 atom stereocenters. The number of nitrogens with two attached hydrogens (primary N) is 1. The first-order chi connectivity index (χ1) is 8.15. The number of benzene rings is 1. The Hall–Kier alpha value is -1.71. The van der Waals surface area contributed by atoms with E-state index in [0.29, 0.717) is 6.04 Å². The maximum atomic E-state index is 11.7. The molecule has 0 spiro atoms. The van der Waals surface area contributed by atoms with E-state index >= 15 is 0 Å². The summed E-state index contributed by atoms with van der Waals surface area (Å²) in [5, 5.41) is 5.87. The van der Waals surface area contributed by atoms with Gasteiger partial charge in [-0.05, 0) is 43.9 Å². The van der Waals surface area contributed by atoms with E-state index in [2.05, 4.69) is 10.6 Å². The van der Waals surface area contributed by atoms with Crippen molar-refractivity contribution in [2.75, 3.05) is 5.73 Å². The predicted octanol–water partition coefficient (Wildman–Crippen LogP) is 2.18. The second kappa shape index (κ2) is 5.08. The van der Waals surface area contributed by atoms with Crippen molar-refractivity contribution in [1.29, 1.82) is 0 Å². The molecule has 1 saturated carbocycles. The molecule has 2 rings (SSSR count). The van der Waals surface area contributed by atoms with Gasteiger partial charge in [0, 0.05) is 11.7 Å². The van der Waals surface area contributed by atoms with Crippen molar-refractivity contribution in [3.63, 3.8) is 0 Å². The molecule has 4 nitrogen and oxygen atoms in total. The van der Waals surface area contributed by atoms with Gasteiger partial charge in [0.1, 0.15) is 0 Å². The number of rotatable bonds is 3. The molecule has 1 aliphatic carbocycles. The number of amides is 2. The summed E-state index contributed by atoms with van der Waals surface area (Å²) >= 11 is 0. The van der Waals surface area contributed by atoms with Gasteiger partial charge < -0.3 is 16.4 Å². The third kappa shape index (κ3) is 3.12. The summed E-state index contributed by atoms with van der Waals surface area (Å²) in [5.41, 5.74) is 7.45. The minimum atomic E-state index is -0.0929. The Bertz CT molecular complexity index is 401. The maximum absolute atomic E-state index is 11.7. The van der Waals surface area contributed by atoms with Crippen LogP contribution in [-0.2, 0) is 0 Å². The molecule has 1 aliphatic rings. The largest absolute Gasteiger partial charge is 0.399 e. The van der Waals surface area contributed by atoms with Gasteiger partial charge in [-0.1, -0.05) is 12.1 Å². The van der Waals surface area contributed by atoms with Crippen molar-refractivity contribution >= 4 is 11.7 Å². The third-order valence-electron chi connectivity index (χ3n) is 3.20. The molecule has 2 amide bonds. The summed E-state index contributed by atoms with van der Waals surface area (Å²) < 4.78 is 0. The molecule has 0 aliphatic heterocycles. The second-order valence-electron chi connectivity index (χ2n) is 4.64. The molecule has 0 heterocycles. The van der Waals surface area contributed by atoms with Gasteiger partial charge in [0.25, 0.3) is 0 Å². The van der Waals surface area contributed by atoms with Crippen LogP contribution in [0, 0.1) is 0 Å². The Kier molecular flexibility index (Phi) is 3.52. The summed E-state index contributed by atoms with van der Waals surface area (Å²) in [6, 6.07) is 7.82. The second-order valence-corrected chi connectivity index (χ2v) is 4.64. The average molecular weight is 233 g/mol. The summed E-state index contributed by atoms with van der Waals surface area (Å²) in [6.45, 7) is 1.95. The lowest BCUT2D eigenvalue weighted by molar-refractivity contribution is 0.225. The highest BCUT2D eigenvalue weighted by molar-refractivity contribution is 5.74. The standard InChI is InChI=1S/C13H19N3O/c1-9(10-4-2-5-11(14)8-10)15-13(17)16-12-6-3-7-12/h2,4-5,8-9,12H,3,6-7,14H2,1H3,(H2,15,16,17). The predicted molar refractivity (Wildman–Crippen MR) is 68.6 cm³/mol. The van der Waals surface area contributed by atoms with Gasteiger partial charge >= 0.3 is 6.03 Å². The number of carbonyl (C=O) groups is 1. The summed E-state index contributed by atoms with van der Waals surface area (Å²) in [5.74, 6) is 0. The van der Waals surface area contributed by atoms with Gasteiger partial charge in [0.15, 0.2) is 0 Å². The van der Waals surface area contributed by atoms with E-state index in [1.54, 1.807) is 0 Å². The minimum absolute atomic E-state index is 0.0291. The minimum Gasteiger partial charge on any atom is -0.399 e. The van der Waals surface area contributed by atoms with Crippen LogP contribution in [0.3, 0.4) is 0 Å². The van der Waals surface area contributed by atoms with Crippen LogP contribution in [0.1, 0.15) is 37.8 Å². The molecule has 0 saturated heterocycles. The molecule has 1 fully saturated rings. The lowest BCUT2D eigenvalue weighted by Crippen LogP contribution is -2.45. The first kappa shape index (κ1) is 11.8. The average Bonchev–Trinajstić information content (AvgIpc) is 2.23. The smallest absolute Gasteiger partial charge is 0.315 e. The molecule has 4 N–H and O–H groups in total. The Morgan fingerprint density at radius 3 is 2.82 bits per heavy atom. The van der Waals surface area contributed by atoms with Gasteiger partial charge in [0.05, 0.1) is 6.04 Å². The van der Waals surface area contributed by atoms with Gasteiger partial charge in [-0.15, -0.1) is 0 Å². The van der Waals surface area contributed by atoms with Crippen molar-refractivity contribution in [2.24, 2.45) is 0 Å². The highest BCUT2D eigenvalue weighted by atomic mass is 16.2. The van der Waals surface area contributed by atoms with Crippen molar-refractivity contribution in [1.82, 2.24) is 10.6 Å².